The summed E-state index contributed by atoms with van der Waals surface area (Å²) in [6.45, 7) is 13.0. The quantitative estimate of drug-likeness (QED) is 0.649. The normalized spacial score (nSPS) is 12.1. The first kappa shape index (κ1) is 18.3. The van der Waals surface area contributed by atoms with E-state index in [1.165, 1.54) is 22.3 Å². The predicted octanol–water partition coefficient (Wildman–Crippen LogP) is 5.68. The zero-order valence-corrected chi connectivity index (χ0v) is 16.0. The van der Waals surface area contributed by atoms with Crippen LogP contribution in [0.15, 0.2) is 41.4 Å². The maximum Gasteiger partial charge on any atom is 0.128 e. The van der Waals surface area contributed by atoms with E-state index in [-0.39, 0.29) is 6.04 Å². The van der Waals surface area contributed by atoms with Gasteiger partial charge in [-0.15, -0.1) is 0 Å². The first-order valence-corrected chi connectivity index (χ1v) is 8.67. The highest BCUT2D eigenvalue weighted by Crippen LogP contribution is 2.30. The molecule has 2 rings (SSSR count). The van der Waals surface area contributed by atoms with E-state index in [2.05, 4.69) is 65.8 Å². The Kier molecular flexibility index (Phi) is 5.82. The van der Waals surface area contributed by atoms with Crippen molar-refractivity contribution in [2.45, 2.75) is 53.5 Å². The molecule has 0 aliphatic heterocycles. The van der Waals surface area contributed by atoms with Crippen molar-refractivity contribution >= 4 is 5.71 Å². The molecular formula is C22H29NO. The summed E-state index contributed by atoms with van der Waals surface area (Å²) in [7, 11) is 1.73. The van der Waals surface area contributed by atoms with Crippen molar-refractivity contribution < 1.29 is 4.74 Å². The summed E-state index contributed by atoms with van der Waals surface area (Å²) in [6, 6.07) is 13.1. The van der Waals surface area contributed by atoms with Crippen LogP contribution < -0.4 is 4.74 Å². The van der Waals surface area contributed by atoms with E-state index < -0.39 is 0 Å². The van der Waals surface area contributed by atoms with Crippen LogP contribution in [0.25, 0.3) is 0 Å². The maximum absolute atomic E-state index is 5.66. The molecule has 0 fully saturated rings. The molecule has 0 aliphatic carbocycles. The van der Waals surface area contributed by atoms with E-state index in [0.29, 0.717) is 5.92 Å². The van der Waals surface area contributed by atoms with E-state index in [1.807, 2.05) is 12.1 Å². The lowest BCUT2D eigenvalue weighted by molar-refractivity contribution is 0.413. The molecule has 0 N–H and O–H groups in total. The first-order chi connectivity index (χ1) is 11.3. The van der Waals surface area contributed by atoms with Crippen LogP contribution in [0.5, 0.6) is 5.75 Å². The third-order valence-electron chi connectivity index (χ3n) is 4.16. The summed E-state index contributed by atoms with van der Waals surface area (Å²) in [5, 5.41) is 0. The smallest absolute Gasteiger partial charge is 0.128 e. The molecule has 0 spiro atoms. The Morgan fingerprint density at radius 1 is 1.00 bits per heavy atom. The van der Waals surface area contributed by atoms with E-state index in [0.717, 1.165) is 17.0 Å². The van der Waals surface area contributed by atoms with Gasteiger partial charge in [0, 0.05) is 17.2 Å². The van der Waals surface area contributed by atoms with Crippen LogP contribution in [-0.4, -0.2) is 18.9 Å². The third-order valence-corrected chi connectivity index (χ3v) is 4.16. The van der Waals surface area contributed by atoms with Gasteiger partial charge in [0.05, 0.1) is 12.8 Å². The highest BCUT2D eigenvalue weighted by atomic mass is 16.5. The fourth-order valence-electron chi connectivity index (χ4n) is 3.02. The Morgan fingerprint density at radius 2 is 1.71 bits per heavy atom. The van der Waals surface area contributed by atoms with Gasteiger partial charge in [0.1, 0.15) is 5.75 Å². The van der Waals surface area contributed by atoms with Crippen LogP contribution in [-0.2, 0) is 0 Å². The second-order valence-electron chi connectivity index (χ2n) is 6.97. The van der Waals surface area contributed by atoms with Gasteiger partial charge in [0.2, 0.25) is 0 Å². The molecule has 0 bridgehead atoms. The molecule has 2 heteroatoms. The van der Waals surface area contributed by atoms with Crippen molar-refractivity contribution in [3.63, 3.8) is 0 Å². The number of nitrogens with zero attached hydrogens (tertiary/aromatic N) is 1. The monoisotopic (exact) mass is 323 g/mol. The van der Waals surface area contributed by atoms with Crippen molar-refractivity contribution in [1.29, 1.82) is 0 Å². The number of methoxy groups -OCH3 is 1. The van der Waals surface area contributed by atoms with Gasteiger partial charge in [-0.05, 0) is 56.9 Å². The van der Waals surface area contributed by atoms with Gasteiger partial charge >= 0.3 is 0 Å². The molecule has 0 aliphatic rings. The van der Waals surface area contributed by atoms with Crippen molar-refractivity contribution in [3.05, 3.63) is 64.2 Å². The zero-order valence-electron chi connectivity index (χ0n) is 16.0. The molecule has 2 nitrogen and oxygen atoms in total. The molecule has 128 valence electrons. The molecule has 24 heavy (non-hydrogen) atoms. The number of hydrogen-bond acceptors (Lipinski definition) is 2. The number of aryl methyl sites for hydroxylation is 2. The molecule has 0 atom stereocenters. The van der Waals surface area contributed by atoms with Crippen LogP contribution in [0.4, 0.5) is 0 Å². The molecular weight excluding hydrogens is 294 g/mol. The minimum atomic E-state index is 0.213. The van der Waals surface area contributed by atoms with Gasteiger partial charge in [-0.2, -0.15) is 0 Å². The largest absolute Gasteiger partial charge is 0.496 e. The number of aliphatic imine (C=N–C) groups is 1. The molecule has 0 saturated heterocycles. The third kappa shape index (κ3) is 3.87. The summed E-state index contributed by atoms with van der Waals surface area (Å²) in [5.74, 6) is 1.32. The summed E-state index contributed by atoms with van der Waals surface area (Å²) in [6.07, 6.45) is 0. The number of rotatable bonds is 5. The average molecular weight is 323 g/mol. The minimum Gasteiger partial charge on any atom is -0.496 e. The van der Waals surface area contributed by atoms with Crippen molar-refractivity contribution in [2.24, 2.45) is 4.99 Å². The van der Waals surface area contributed by atoms with Crippen molar-refractivity contribution in [1.82, 2.24) is 0 Å². The lowest BCUT2D eigenvalue weighted by Crippen LogP contribution is -2.14. The number of benzene rings is 2. The van der Waals surface area contributed by atoms with Crippen LogP contribution >= 0.6 is 0 Å². The van der Waals surface area contributed by atoms with Gasteiger partial charge in [0.15, 0.2) is 0 Å². The minimum absolute atomic E-state index is 0.213. The van der Waals surface area contributed by atoms with Gasteiger partial charge < -0.3 is 4.74 Å². The van der Waals surface area contributed by atoms with E-state index >= 15 is 0 Å². The van der Waals surface area contributed by atoms with Crippen LogP contribution in [0.2, 0.25) is 0 Å². The maximum atomic E-state index is 5.66. The van der Waals surface area contributed by atoms with Gasteiger partial charge in [0.25, 0.3) is 0 Å². The molecule has 0 saturated carbocycles. The summed E-state index contributed by atoms with van der Waals surface area (Å²) >= 11 is 0. The predicted molar refractivity (Wildman–Crippen MR) is 104 cm³/mol. The van der Waals surface area contributed by atoms with Gasteiger partial charge in [-0.1, -0.05) is 43.7 Å². The second-order valence-corrected chi connectivity index (χ2v) is 6.97. The standard InChI is InChI=1S/C22H29NO/c1-14(2)18-12-11-16(5)13-19(18)22(23-15(3)4)21-17(6)9-8-10-20(21)24-7/h8-15H,1-7H3. The van der Waals surface area contributed by atoms with E-state index in [4.69, 9.17) is 9.73 Å². The average Bonchev–Trinajstić information content (AvgIpc) is 2.52. The molecule has 0 amide bonds. The topological polar surface area (TPSA) is 21.6 Å². The Labute approximate surface area is 146 Å². The molecule has 2 aromatic rings. The lowest BCUT2D eigenvalue weighted by Gasteiger charge is -2.20. The van der Waals surface area contributed by atoms with Crippen LogP contribution in [0.3, 0.4) is 0 Å². The molecule has 2 aromatic carbocycles. The summed E-state index contributed by atoms with van der Waals surface area (Å²) in [5.41, 5.74) is 7.11. The first-order valence-electron chi connectivity index (χ1n) is 8.67. The van der Waals surface area contributed by atoms with E-state index in [1.54, 1.807) is 7.11 Å². The molecule has 0 unspecified atom stereocenters. The zero-order chi connectivity index (χ0) is 17.9. The SMILES string of the molecule is COc1cccc(C)c1C(=NC(C)C)c1cc(C)ccc1C(C)C. The van der Waals surface area contributed by atoms with Gasteiger partial charge in [-0.3, -0.25) is 4.99 Å². The Hall–Kier alpha value is -2.09. The fourth-order valence-corrected chi connectivity index (χ4v) is 3.02. The van der Waals surface area contributed by atoms with Crippen LogP contribution in [0, 0.1) is 13.8 Å². The molecule has 0 radical (unpaired) electrons. The Bertz CT molecular complexity index is 742. The van der Waals surface area contributed by atoms with Crippen LogP contribution in [0.1, 0.15) is 61.4 Å². The summed E-state index contributed by atoms with van der Waals surface area (Å²) < 4.78 is 5.66. The lowest BCUT2D eigenvalue weighted by atomic mass is 9.88. The van der Waals surface area contributed by atoms with Crippen molar-refractivity contribution in [3.8, 4) is 5.75 Å². The van der Waals surface area contributed by atoms with E-state index in [9.17, 15) is 0 Å². The van der Waals surface area contributed by atoms with Gasteiger partial charge in [-0.25, -0.2) is 0 Å². The number of hydrogen-bond donors (Lipinski definition) is 0. The van der Waals surface area contributed by atoms with Crippen molar-refractivity contribution in [2.75, 3.05) is 7.11 Å². The highest BCUT2D eigenvalue weighted by molar-refractivity contribution is 6.16. The number of ether oxygens (including phenoxy) is 1. The molecule has 0 heterocycles. The summed E-state index contributed by atoms with van der Waals surface area (Å²) in [4.78, 5) is 5.01. The fraction of sp³-hybridized carbons (Fsp3) is 0.409. The Morgan fingerprint density at radius 3 is 2.29 bits per heavy atom. The molecule has 0 aromatic heterocycles. The highest BCUT2D eigenvalue weighted by Gasteiger charge is 2.19. The second kappa shape index (κ2) is 7.65. The Balaban J connectivity index is 2.81.